The topological polar surface area (TPSA) is 29.0 Å². The van der Waals surface area contributed by atoms with Crippen molar-refractivity contribution in [2.75, 3.05) is 23.3 Å². The third kappa shape index (κ3) is 3.22. The van der Waals surface area contributed by atoms with E-state index in [1.165, 1.54) is 12.8 Å². The molecule has 0 radical (unpaired) electrons. The molecule has 2 heterocycles. The smallest absolute Gasteiger partial charge is 0.225 e. The highest BCUT2D eigenvalue weighted by Crippen LogP contribution is 2.25. The first kappa shape index (κ1) is 13.8. The molecule has 2 rings (SSSR count). The minimum absolute atomic E-state index is 0.464. The van der Waals surface area contributed by atoms with E-state index in [2.05, 4.69) is 52.7 Å². The van der Waals surface area contributed by atoms with Crippen molar-refractivity contribution in [3.63, 3.8) is 0 Å². The maximum atomic E-state index is 4.71. The molecular formula is C14H22BrN3. The molecule has 0 aliphatic carbocycles. The molecule has 1 aromatic rings. The number of rotatable bonds is 4. The molecule has 0 N–H and O–H groups in total. The molecule has 1 aliphatic rings. The predicted molar refractivity (Wildman–Crippen MR) is 79.6 cm³/mol. The fourth-order valence-corrected chi connectivity index (χ4v) is 3.07. The van der Waals surface area contributed by atoms with Crippen molar-refractivity contribution in [3.05, 3.63) is 17.5 Å². The number of anilines is 1. The van der Waals surface area contributed by atoms with Gasteiger partial charge in [-0.25, -0.2) is 9.97 Å². The van der Waals surface area contributed by atoms with Gasteiger partial charge < -0.3 is 4.90 Å². The lowest BCUT2D eigenvalue weighted by Gasteiger charge is -2.18. The molecule has 0 amide bonds. The summed E-state index contributed by atoms with van der Waals surface area (Å²) in [5, 5.41) is 1.09. The van der Waals surface area contributed by atoms with Crippen molar-refractivity contribution in [1.29, 1.82) is 0 Å². The Morgan fingerprint density at radius 1 is 1.44 bits per heavy atom. The SMILES string of the molecule is Cc1cc(C(C)C)nc(N2CCC(CCBr)C2)n1. The van der Waals surface area contributed by atoms with Crippen LogP contribution in [0.4, 0.5) is 5.95 Å². The van der Waals surface area contributed by atoms with Gasteiger partial charge in [0.1, 0.15) is 0 Å². The molecule has 1 fully saturated rings. The quantitative estimate of drug-likeness (QED) is 0.797. The van der Waals surface area contributed by atoms with Gasteiger partial charge in [-0.3, -0.25) is 0 Å². The number of aryl methyl sites for hydroxylation is 1. The van der Waals surface area contributed by atoms with Gasteiger partial charge in [0.25, 0.3) is 0 Å². The molecule has 0 saturated carbocycles. The Hall–Kier alpha value is -0.640. The van der Waals surface area contributed by atoms with Crippen LogP contribution in [-0.4, -0.2) is 28.4 Å². The van der Waals surface area contributed by atoms with Crippen molar-refractivity contribution in [1.82, 2.24) is 9.97 Å². The fourth-order valence-electron chi connectivity index (χ4n) is 2.42. The van der Waals surface area contributed by atoms with Crippen LogP contribution in [0.15, 0.2) is 6.07 Å². The zero-order valence-corrected chi connectivity index (χ0v) is 13.1. The van der Waals surface area contributed by atoms with E-state index in [-0.39, 0.29) is 0 Å². The van der Waals surface area contributed by atoms with Crippen LogP contribution in [0.25, 0.3) is 0 Å². The lowest BCUT2D eigenvalue weighted by Crippen LogP contribution is -2.23. The normalized spacial score (nSPS) is 19.8. The summed E-state index contributed by atoms with van der Waals surface area (Å²) in [6.07, 6.45) is 2.51. The Balaban J connectivity index is 2.14. The third-order valence-electron chi connectivity index (χ3n) is 3.54. The number of alkyl halides is 1. The van der Waals surface area contributed by atoms with Crippen LogP contribution in [0, 0.1) is 12.8 Å². The van der Waals surface area contributed by atoms with Gasteiger partial charge in [-0.1, -0.05) is 29.8 Å². The van der Waals surface area contributed by atoms with Gasteiger partial charge in [0.15, 0.2) is 0 Å². The molecule has 1 atom stereocenters. The maximum Gasteiger partial charge on any atom is 0.225 e. The summed E-state index contributed by atoms with van der Waals surface area (Å²) < 4.78 is 0. The number of nitrogens with zero attached hydrogens (tertiary/aromatic N) is 3. The van der Waals surface area contributed by atoms with E-state index in [9.17, 15) is 0 Å². The van der Waals surface area contributed by atoms with Crippen LogP contribution >= 0.6 is 15.9 Å². The summed E-state index contributed by atoms with van der Waals surface area (Å²) in [4.78, 5) is 11.6. The van der Waals surface area contributed by atoms with E-state index in [0.717, 1.165) is 41.7 Å². The maximum absolute atomic E-state index is 4.71. The number of halogens is 1. The summed E-state index contributed by atoms with van der Waals surface area (Å²) in [7, 11) is 0. The summed E-state index contributed by atoms with van der Waals surface area (Å²) in [5.74, 6) is 2.18. The van der Waals surface area contributed by atoms with Crippen molar-refractivity contribution >= 4 is 21.9 Å². The molecular weight excluding hydrogens is 290 g/mol. The lowest BCUT2D eigenvalue weighted by molar-refractivity contribution is 0.575. The molecule has 1 saturated heterocycles. The lowest BCUT2D eigenvalue weighted by atomic mass is 10.1. The predicted octanol–water partition coefficient (Wildman–Crippen LogP) is 3.52. The van der Waals surface area contributed by atoms with E-state index in [0.29, 0.717) is 5.92 Å². The second kappa shape index (κ2) is 6.00. The van der Waals surface area contributed by atoms with E-state index < -0.39 is 0 Å². The Kier molecular flexibility index (Phi) is 4.60. The van der Waals surface area contributed by atoms with Crippen LogP contribution < -0.4 is 4.90 Å². The highest BCUT2D eigenvalue weighted by Gasteiger charge is 2.24. The summed E-state index contributed by atoms with van der Waals surface area (Å²) >= 11 is 3.53. The summed E-state index contributed by atoms with van der Waals surface area (Å²) in [6, 6.07) is 2.10. The zero-order chi connectivity index (χ0) is 13.1. The minimum Gasteiger partial charge on any atom is -0.341 e. The van der Waals surface area contributed by atoms with Gasteiger partial charge in [0.05, 0.1) is 0 Å². The first-order valence-electron chi connectivity index (χ1n) is 6.76. The van der Waals surface area contributed by atoms with Gasteiger partial charge in [0.2, 0.25) is 5.95 Å². The molecule has 3 nitrogen and oxygen atoms in total. The second-order valence-electron chi connectivity index (χ2n) is 5.47. The van der Waals surface area contributed by atoms with Gasteiger partial charge in [-0.2, -0.15) is 0 Å². The third-order valence-corrected chi connectivity index (χ3v) is 4.00. The highest BCUT2D eigenvalue weighted by atomic mass is 79.9. The van der Waals surface area contributed by atoms with Crippen LogP contribution in [-0.2, 0) is 0 Å². The van der Waals surface area contributed by atoms with Gasteiger partial charge in [-0.15, -0.1) is 0 Å². The molecule has 0 spiro atoms. The fraction of sp³-hybridized carbons (Fsp3) is 0.714. The average Bonchev–Trinajstić information content (AvgIpc) is 2.77. The molecule has 4 heteroatoms. The Labute approximate surface area is 118 Å². The largest absolute Gasteiger partial charge is 0.341 e. The van der Waals surface area contributed by atoms with Gasteiger partial charge in [0, 0.05) is 29.8 Å². The molecule has 0 aromatic carbocycles. The molecule has 1 aliphatic heterocycles. The number of hydrogen-bond acceptors (Lipinski definition) is 3. The van der Waals surface area contributed by atoms with Crippen LogP contribution in [0.1, 0.15) is 44.0 Å². The van der Waals surface area contributed by atoms with E-state index in [1.54, 1.807) is 0 Å². The van der Waals surface area contributed by atoms with Crippen molar-refractivity contribution < 1.29 is 0 Å². The highest BCUT2D eigenvalue weighted by molar-refractivity contribution is 9.09. The van der Waals surface area contributed by atoms with E-state index in [1.807, 2.05) is 0 Å². The molecule has 100 valence electrons. The Bertz CT molecular complexity index is 406. The average molecular weight is 312 g/mol. The minimum atomic E-state index is 0.464. The zero-order valence-electron chi connectivity index (χ0n) is 11.5. The van der Waals surface area contributed by atoms with Gasteiger partial charge >= 0.3 is 0 Å². The molecule has 1 aromatic heterocycles. The first-order valence-corrected chi connectivity index (χ1v) is 7.88. The van der Waals surface area contributed by atoms with Gasteiger partial charge in [-0.05, 0) is 37.7 Å². The van der Waals surface area contributed by atoms with Crippen molar-refractivity contribution in [2.24, 2.45) is 5.92 Å². The standard InChI is InChI=1S/C14H22BrN3/c1-10(2)13-8-11(3)16-14(17-13)18-7-5-12(9-18)4-6-15/h8,10,12H,4-7,9H2,1-3H3. The van der Waals surface area contributed by atoms with Crippen molar-refractivity contribution in [3.8, 4) is 0 Å². The number of hydrogen-bond donors (Lipinski definition) is 0. The molecule has 18 heavy (non-hydrogen) atoms. The second-order valence-corrected chi connectivity index (χ2v) is 6.26. The number of aromatic nitrogens is 2. The van der Waals surface area contributed by atoms with Crippen molar-refractivity contribution in [2.45, 2.75) is 39.5 Å². The van der Waals surface area contributed by atoms with E-state index >= 15 is 0 Å². The molecule has 1 unspecified atom stereocenters. The van der Waals surface area contributed by atoms with Crippen LogP contribution in [0.5, 0.6) is 0 Å². The summed E-state index contributed by atoms with van der Waals surface area (Å²) in [5.41, 5.74) is 2.23. The van der Waals surface area contributed by atoms with Crippen LogP contribution in [0.3, 0.4) is 0 Å². The van der Waals surface area contributed by atoms with Crippen LogP contribution in [0.2, 0.25) is 0 Å². The van der Waals surface area contributed by atoms with E-state index in [4.69, 9.17) is 4.98 Å². The molecule has 0 bridgehead atoms. The monoisotopic (exact) mass is 311 g/mol. The Morgan fingerprint density at radius 2 is 2.22 bits per heavy atom. The Morgan fingerprint density at radius 3 is 2.89 bits per heavy atom. The first-order chi connectivity index (χ1) is 8.60. The summed E-state index contributed by atoms with van der Waals surface area (Å²) in [6.45, 7) is 8.63.